The zero-order valence-corrected chi connectivity index (χ0v) is 13.3. The first-order valence-electron chi connectivity index (χ1n) is 5.92. The summed E-state index contributed by atoms with van der Waals surface area (Å²) < 4.78 is 27.1. The molecule has 0 bridgehead atoms. The lowest BCUT2D eigenvalue weighted by molar-refractivity contribution is 0.480. The first-order valence-corrected chi connectivity index (χ1v) is 7.63. The fourth-order valence-corrected chi connectivity index (χ4v) is 3.24. The van der Waals surface area contributed by atoms with Gasteiger partial charge in [-0.3, -0.25) is 4.99 Å². The maximum absolute atomic E-state index is 13.2. The molecule has 1 heterocycles. The van der Waals surface area contributed by atoms with E-state index in [4.69, 9.17) is 0 Å². The zero-order valence-electron chi connectivity index (χ0n) is 10.1. The molecular weight excluding hydrogens is 380 g/mol. The predicted molar refractivity (Wildman–Crippen MR) is 82.3 cm³/mol. The Hall–Kier alpha value is -0.550. The predicted octanol–water partition coefficient (Wildman–Crippen LogP) is 5.15. The zero-order chi connectivity index (χ0) is 14.0. The van der Waals surface area contributed by atoms with Crippen LogP contribution in [0.1, 0.15) is 12.8 Å². The van der Waals surface area contributed by atoms with Gasteiger partial charge in [0.2, 0.25) is 0 Å². The van der Waals surface area contributed by atoms with Gasteiger partial charge in [0.15, 0.2) is 0 Å². The topological polar surface area (TPSA) is 12.4 Å². The summed E-state index contributed by atoms with van der Waals surface area (Å²) >= 11 is 6.85. The van der Waals surface area contributed by atoms with E-state index in [0.717, 1.165) is 16.3 Å². The van der Waals surface area contributed by atoms with Gasteiger partial charge in [-0.2, -0.15) is 0 Å². The van der Waals surface area contributed by atoms with Crippen molar-refractivity contribution < 1.29 is 8.78 Å². The molecule has 1 nitrogen and oxygen atoms in total. The summed E-state index contributed by atoms with van der Waals surface area (Å²) in [4.78, 5) is 4.51. The van der Waals surface area contributed by atoms with E-state index in [2.05, 4.69) is 43.4 Å². The largest absolute Gasteiger partial charge is 0.269 e. The van der Waals surface area contributed by atoms with E-state index < -0.39 is 11.7 Å². The number of nitrogens with zero attached hydrogens (tertiary/aromatic N) is 1. The summed E-state index contributed by atoms with van der Waals surface area (Å²) in [5.74, 6) is -1.11. The highest BCUT2D eigenvalue weighted by atomic mass is 79.9. The Labute approximate surface area is 128 Å². The van der Waals surface area contributed by atoms with Gasteiger partial charge in [0, 0.05) is 12.5 Å². The van der Waals surface area contributed by atoms with E-state index in [1.807, 2.05) is 12.2 Å². The molecule has 3 unspecified atom stereocenters. The number of alkyl halides is 1. The van der Waals surface area contributed by atoms with Crippen LogP contribution in [0.5, 0.6) is 0 Å². The summed E-state index contributed by atoms with van der Waals surface area (Å²) in [7, 11) is 0. The van der Waals surface area contributed by atoms with Crippen LogP contribution in [0.15, 0.2) is 53.1 Å². The van der Waals surface area contributed by atoms with E-state index in [9.17, 15) is 8.78 Å². The van der Waals surface area contributed by atoms with E-state index in [0.29, 0.717) is 6.42 Å². The monoisotopic (exact) mass is 391 g/mol. The third kappa shape index (κ3) is 3.96. The molecular formula is C14H13Br2F2N. The van der Waals surface area contributed by atoms with Crippen molar-refractivity contribution >= 4 is 36.5 Å². The van der Waals surface area contributed by atoms with Gasteiger partial charge in [-0.15, -0.1) is 0 Å². The number of halogens is 4. The molecule has 102 valence electrons. The quantitative estimate of drug-likeness (QED) is 0.465. The molecule has 5 heteroatoms. The summed E-state index contributed by atoms with van der Waals surface area (Å²) in [6, 6.07) is -0.107. The first-order chi connectivity index (χ1) is 8.95. The van der Waals surface area contributed by atoms with Crippen LogP contribution in [0.2, 0.25) is 0 Å². The second kappa shape index (κ2) is 6.27. The maximum Gasteiger partial charge on any atom is 0.122 e. The van der Waals surface area contributed by atoms with Crippen LogP contribution in [0, 0.1) is 5.92 Å². The van der Waals surface area contributed by atoms with Crippen molar-refractivity contribution in [2.75, 3.05) is 0 Å². The van der Waals surface area contributed by atoms with Crippen LogP contribution in [0.3, 0.4) is 0 Å². The molecule has 0 N–H and O–H groups in total. The van der Waals surface area contributed by atoms with E-state index in [-0.39, 0.29) is 23.2 Å². The van der Waals surface area contributed by atoms with Gasteiger partial charge in [-0.1, -0.05) is 34.2 Å². The maximum atomic E-state index is 13.2. The Morgan fingerprint density at radius 3 is 2.89 bits per heavy atom. The Morgan fingerprint density at radius 1 is 1.47 bits per heavy atom. The van der Waals surface area contributed by atoms with Crippen molar-refractivity contribution in [2.45, 2.75) is 23.7 Å². The van der Waals surface area contributed by atoms with Crippen LogP contribution in [-0.4, -0.2) is 15.5 Å². The molecule has 1 aliphatic carbocycles. The van der Waals surface area contributed by atoms with Crippen LogP contribution in [0.25, 0.3) is 0 Å². The van der Waals surface area contributed by atoms with E-state index in [1.165, 1.54) is 6.08 Å². The fraction of sp³-hybridized carbons (Fsp3) is 0.357. The van der Waals surface area contributed by atoms with Gasteiger partial charge in [-0.05, 0) is 40.4 Å². The molecule has 2 aliphatic rings. The number of rotatable bonds is 3. The van der Waals surface area contributed by atoms with Crippen LogP contribution >= 0.6 is 31.9 Å². The van der Waals surface area contributed by atoms with Crippen LogP contribution in [0.4, 0.5) is 8.78 Å². The molecule has 0 aromatic heterocycles. The van der Waals surface area contributed by atoms with Crippen LogP contribution in [-0.2, 0) is 0 Å². The highest BCUT2D eigenvalue weighted by Crippen LogP contribution is 2.32. The minimum absolute atomic E-state index is 0.0686. The van der Waals surface area contributed by atoms with Gasteiger partial charge in [0.25, 0.3) is 0 Å². The highest BCUT2D eigenvalue weighted by molar-refractivity contribution is 9.18. The Morgan fingerprint density at radius 2 is 2.21 bits per heavy atom. The third-order valence-electron chi connectivity index (χ3n) is 3.07. The van der Waals surface area contributed by atoms with Gasteiger partial charge in [0.1, 0.15) is 16.3 Å². The molecule has 2 rings (SSSR count). The SMILES string of the molecule is C=C(CC1C=C(F)C=C(F)C1)C1N=C(Br)C=CC1Br. The van der Waals surface area contributed by atoms with Crippen molar-refractivity contribution in [2.24, 2.45) is 10.9 Å². The van der Waals surface area contributed by atoms with Crippen molar-refractivity contribution in [1.29, 1.82) is 0 Å². The Bertz CT molecular complexity index is 506. The summed E-state index contributed by atoms with van der Waals surface area (Å²) in [5.41, 5.74) is 0.868. The van der Waals surface area contributed by atoms with Crippen molar-refractivity contribution in [3.8, 4) is 0 Å². The number of dihydropyridines is 1. The number of hydrogen-bond donors (Lipinski definition) is 0. The molecule has 0 saturated heterocycles. The average Bonchev–Trinajstić information content (AvgIpc) is 2.30. The number of aliphatic imine (C=N–C) groups is 1. The number of allylic oxidation sites excluding steroid dienone is 5. The second-order valence-electron chi connectivity index (χ2n) is 4.67. The Kier molecular flexibility index (Phi) is 4.90. The third-order valence-corrected chi connectivity index (χ3v) is 4.35. The summed E-state index contributed by atoms with van der Waals surface area (Å²) in [6.45, 7) is 4.02. The Balaban J connectivity index is 2.02. The van der Waals surface area contributed by atoms with Gasteiger partial charge < -0.3 is 0 Å². The van der Waals surface area contributed by atoms with Gasteiger partial charge in [-0.25, -0.2) is 8.78 Å². The van der Waals surface area contributed by atoms with Crippen molar-refractivity contribution in [1.82, 2.24) is 0 Å². The minimum atomic E-state index is -0.509. The second-order valence-corrected chi connectivity index (χ2v) is 6.54. The molecule has 0 spiro atoms. The molecule has 0 saturated carbocycles. The van der Waals surface area contributed by atoms with Gasteiger partial charge >= 0.3 is 0 Å². The molecule has 0 aromatic carbocycles. The first kappa shape index (κ1) is 14.9. The number of hydrogen-bond acceptors (Lipinski definition) is 1. The molecule has 3 atom stereocenters. The van der Waals surface area contributed by atoms with Gasteiger partial charge in [0.05, 0.1) is 10.9 Å². The lowest BCUT2D eigenvalue weighted by Gasteiger charge is -2.25. The summed E-state index contributed by atoms with van der Waals surface area (Å²) in [6.07, 6.45) is 6.99. The minimum Gasteiger partial charge on any atom is -0.269 e. The molecule has 0 amide bonds. The van der Waals surface area contributed by atoms with Crippen LogP contribution < -0.4 is 0 Å². The average molecular weight is 393 g/mol. The summed E-state index contributed by atoms with van der Waals surface area (Å²) in [5, 5.41) is 0. The molecule has 19 heavy (non-hydrogen) atoms. The lowest BCUT2D eigenvalue weighted by Crippen LogP contribution is -2.24. The molecule has 0 fully saturated rings. The molecule has 1 aliphatic heterocycles. The highest BCUT2D eigenvalue weighted by Gasteiger charge is 2.25. The van der Waals surface area contributed by atoms with E-state index in [1.54, 1.807) is 0 Å². The van der Waals surface area contributed by atoms with Crippen molar-refractivity contribution in [3.63, 3.8) is 0 Å². The standard InChI is InChI=1S/C14H13Br2F2N/c1-8(14-12(15)2-3-13(16)19-14)4-9-5-10(17)7-11(18)6-9/h2-3,5,7,9,12,14H,1,4,6H2. The normalized spacial score (nSPS) is 30.5. The lowest BCUT2D eigenvalue weighted by atomic mass is 9.89. The fourth-order valence-electron chi connectivity index (χ4n) is 2.22. The van der Waals surface area contributed by atoms with Crippen molar-refractivity contribution in [3.05, 3.63) is 48.1 Å². The molecule has 0 radical (unpaired) electrons. The smallest absolute Gasteiger partial charge is 0.122 e. The van der Waals surface area contributed by atoms with E-state index >= 15 is 0 Å². The molecule has 0 aromatic rings.